The van der Waals surface area contributed by atoms with E-state index in [1.807, 2.05) is 0 Å². The monoisotopic (exact) mass is 204 g/mol. The van der Waals surface area contributed by atoms with Gasteiger partial charge in [-0.2, -0.15) is 0 Å². The maximum Gasteiger partial charge on any atom is -0.0000595 e. The lowest BCUT2D eigenvalue weighted by molar-refractivity contribution is 0.0447. The second kappa shape index (κ2) is 2.52. The molecule has 0 bridgehead atoms. The lowest BCUT2D eigenvalue weighted by Gasteiger charge is -2.46. The van der Waals surface area contributed by atoms with Gasteiger partial charge in [-0.15, -0.1) is 0 Å². The molecule has 15 heavy (non-hydrogen) atoms. The largest absolute Gasteiger partial charge is 0.0788 e. The molecule has 0 heteroatoms. The minimum absolute atomic E-state index is 0.457. The van der Waals surface area contributed by atoms with Gasteiger partial charge in [0.25, 0.3) is 0 Å². The number of rotatable bonds is 0. The maximum absolute atomic E-state index is 2.61. The van der Waals surface area contributed by atoms with Gasteiger partial charge in [0.2, 0.25) is 0 Å². The topological polar surface area (TPSA) is 0 Å². The molecular formula is C15H24. The van der Waals surface area contributed by atoms with Crippen LogP contribution in [0.1, 0.15) is 59.8 Å². The second-order valence-electron chi connectivity index (χ2n) is 6.90. The molecule has 0 saturated heterocycles. The van der Waals surface area contributed by atoms with Crippen LogP contribution < -0.4 is 0 Å². The minimum atomic E-state index is 0.457. The summed E-state index contributed by atoms with van der Waals surface area (Å²) >= 11 is 0. The summed E-state index contributed by atoms with van der Waals surface area (Å²) in [6, 6.07) is 0. The molecule has 0 aromatic heterocycles. The molecule has 0 heterocycles. The van der Waals surface area contributed by atoms with Crippen molar-refractivity contribution in [1.82, 2.24) is 0 Å². The first kappa shape index (κ1) is 9.93. The third-order valence-corrected chi connectivity index (χ3v) is 6.39. The zero-order valence-corrected chi connectivity index (χ0v) is 10.7. The Bertz CT molecular complexity index is 336. The molecule has 3 aliphatic rings. The molecule has 0 amide bonds. The molecule has 0 N–H and O–H groups in total. The summed E-state index contributed by atoms with van der Waals surface area (Å²) in [5.41, 5.74) is 3.44. The van der Waals surface area contributed by atoms with Gasteiger partial charge < -0.3 is 0 Å². The van der Waals surface area contributed by atoms with Crippen molar-refractivity contribution in [2.75, 3.05) is 0 Å². The molecular weight excluding hydrogens is 180 g/mol. The Kier molecular flexibility index (Phi) is 1.67. The van der Waals surface area contributed by atoms with Crippen LogP contribution in [0.15, 0.2) is 11.6 Å². The van der Waals surface area contributed by atoms with Crippen molar-refractivity contribution >= 4 is 0 Å². The number of hydrogen-bond acceptors (Lipinski definition) is 0. The van der Waals surface area contributed by atoms with E-state index in [4.69, 9.17) is 0 Å². The number of allylic oxidation sites excluding steroid dienone is 2. The normalized spacial score (nSPS) is 51.5. The Hall–Kier alpha value is -0.260. The van der Waals surface area contributed by atoms with Gasteiger partial charge >= 0.3 is 0 Å². The van der Waals surface area contributed by atoms with Crippen molar-refractivity contribution in [3.05, 3.63) is 11.6 Å². The molecule has 3 atom stereocenters. The third-order valence-electron chi connectivity index (χ3n) is 6.39. The highest BCUT2D eigenvalue weighted by Gasteiger charge is 2.69. The SMILES string of the molecule is CC1=CC(C)(C)[C@@]23CCC[C@@]12[C@@H](C)CC3. The molecule has 84 valence electrons. The molecule has 3 rings (SSSR count). The zero-order chi connectivity index (χ0) is 10.9. The van der Waals surface area contributed by atoms with Gasteiger partial charge in [-0.05, 0) is 54.8 Å². The summed E-state index contributed by atoms with van der Waals surface area (Å²) in [5.74, 6) is 0.929. The Morgan fingerprint density at radius 1 is 1.20 bits per heavy atom. The van der Waals surface area contributed by atoms with E-state index in [0.717, 1.165) is 5.92 Å². The fourth-order valence-corrected chi connectivity index (χ4v) is 5.90. The summed E-state index contributed by atoms with van der Waals surface area (Å²) in [7, 11) is 0. The molecule has 0 aromatic carbocycles. The zero-order valence-electron chi connectivity index (χ0n) is 10.7. The van der Waals surface area contributed by atoms with Gasteiger partial charge in [-0.3, -0.25) is 0 Å². The molecule has 0 unspecified atom stereocenters. The van der Waals surface area contributed by atoms with E-state index < -0.39 is 0 Å². The van der Waals surface area contributed by atoms with Crippen LogP contribution in [-0.4, -0.2) is 0 Å². The van der Waals surface area contributed by atoms with Crippen LogP contribution in [0.5, 0.6) is 0 Å². The van der Waals surface area contributed by atoms with Gasteiger partial charge in [0.1, 0.15) is 0 Å². The highest BCUT2D eigenvalue weighted by molar-refractivity contribution is 5.37. The molecule has 2 fully saturated rings. The maximum atomic E-state index is 2.61. The smallest absolute Gasteiger partial charge is 0.0000595 e. The Morgan fingerprint density at radius 3 is 2.60 bits per heavy atom. The van der Waals surface area contributed by atoms with Crippen LogP contribution in [0.4, 0.5) is 0 Å². The van der Waals surface area contributed by atoms with Crippen molar-refractivity contribution < 1.29 is 0 Å². The van der Waals surface area contributed by atoms with Crippen LogP contribution in [0.25, 0.3) is 0 Å². The third kappa shape index (κ3) is 0.797. The predicted octanol–water partition coefficient (Wildman–Crippen LogP) is 4.56. The van der Waals surface area contributed by atoms with E-state index in [9.17, 15) is 0 Å². The van der Waals surface area contributed by atoms with Crippen LogP contribution in [0.2, 0.25) is 0 Å². The average molecular weight is 204 g/mol. The lowest BCUT2D eigenvalue weighted by Crippen LogP contribution is -2.41. The van der Waals surface area contributed by atoms with E-state index in [0.29, 0.717) is 16.2 Å². The summed E-state index contributed by atoms with van der Waals surface area (Å²) in [4.78, 5) is 0. The van der Waals surface area contributed by atoms with Crippen molar-refractivity contribution in [2.45, 2.75) is 59.8 Å². The van der Waals surface area contributed by atoms with E-state index in [2.05, 4.69) is 33.8 Å². The molecule has 3 aliphatic carbocycles. The quantitative estimate of drug-likeness (QED) is 0.507. The van der Waals surface area contributed by atoms with Crippen LogP contribution in [0.3, 0.4) is 0 Å². The van der Waals surface area contributed by atoms with Crippen LogP contribution >= 0.6 is 0 Å². The van der Waals surface area contributed by atoms with Crippen LogP contribution in [-0.2, 0) is 0 Å². The van der Waals surface area contributed by atoms with Gasteiger partial charge in [0.05, 0.1) is 0 Å². The van der Waals surface area contributed by atoms with Gasteiger partial charge in [0.15, 0.2) is 0 Å². The lowest BCUT2D eigenvalue weighted by atomic mass is 9.57. The highest BCUT2D eigenvalue weighted by atomic mass is 14.7. The second-order valence-corrected chi connectivity index (χ2v) is 6.90. The van der Waals surface area contributed by atoms with Crippen molar-refractivity contribution in [1.29, 1.82) is 0 Å². The molecule has 0 aliphatic heterocycles. The van der Waals surface area contributed by atoms with E-state index in [1.54, 1.807) is 5.57 Å². The highest BCUT2D eigenvalue weighted by Crippen LogP contribution is 2.77. The predicted molar refractivity (Wildman–Crippen MR) is 64.7 cm³/mol. The summed E-state index contributed by atoms with van der Waals surface area (Å²) in [6.07, 6.45) is 9.99. The van der Waals surface area contributed by atoms with E-state index >= 15 is 0 Å². The summed E-state index contributed by atoms with van der Waals surface area (Å²) in [5, 5.41) is 0. The Morgan fingerprint density at radius 2 is 1.93 bits per heavy atom. The summed E-state index contributed by atoms with van der Waals surface area (Å²) < 4.78 is 0. The molecule has 0 radical (unpaired) electrons. The first-order valence-corrected chi connectivity index (χ1v) is 6.66. The molecule has 0 spiro atoms. The minimum Gasteiger partial charge on any atom is -0.0788 e. The molecule has 0 aromatic rings. The van der Waals surface area contributed by atoms with Gasteiger partial charge in [0, 0.05) is 0 Å². The average Bonchev–Trinajstić information content (AvgIpc) is 2.68. The van der Waals surface area contributed by atoms with Crippen molar-refractivity contribution in [3.63, 3.8) is 0 Å². The fraction of sp³-hybridized carbons (Fsp3) is 0.867. The molecule has 2 saturated carbocycles. The van der Waals surface area contributed by atoms with E-state index in [1.165, 1.54) is 32.1 Å². The van der Waals surface area contributed by atoms with Crippen molar-refractivity contribution in [3.8, 4) is 0 Å². The standard InChI is InChI=1S/C15H24/c1-11-6-9-14-7-5-8-15(11,14)12(2)10-13(14,3)4/h10-11H,5-9H2,1-4H3/t11-,14-,15+/m0/s1. The first-order valence-electron chi connectivity index (χ1n) is 6.66. The van der Waals surface area contributed by atoms with Crippen molar-refractivity contribution in [2.24, 2.45) is 22.2 Å². The fourth-order valence-electron chi connectivity index (χ4n) is 5.90. The summed E-state index contributed by atoms with van der Waals surface area (Å²) in [6.45, 7) is 9.89. The van der Waals surface area contributed by atoms with Gasteiger partial charge in [-0.1, -0.05) is 38.8 Å². The molecule has 0 nitrogen and oxygen atoms in total. The Labute approximate surface area is 94.1 Å². The van der Waals surface area contributed by atoms with Gasteiger partial charge in [-0.25, -0.2) is 0 Å². The Balaban J connectivity index is 2.23. The van der Waals surface area contributed by atoms with E-state index in [-0.39, 0.29) is 0 Å². The van der Waals surface area contributed by atoms with Crippen LogP contribution in [0, 0.1) is 22.2 Å². The number of hydrogen-bond donors (Lipinski definition) is 0. The first-order chi connectivity index (χ1) is 6.96.